The molecule has 1 saturated carbocycles. The van der Waals surface area contributed by atoms with Gasteiger partial charge in [-0.3, -0.25) is 4.79 Å². The largest absolute Gasteiger partial charge is 0.357 e. The summed E-state index contributed by atoms with van der Waals surface area (Å²) in [4.78, 5) is 13.0. The molecule has 0 bridgehead atoms. The van der Waals surface area contributed by atoms with Gasteiger partial charge in [-0.1, -0.05) is 65.0 Å². The van der Waals surface area contributed by atoms with Crippen LogP contribution in [0.1, 0.15) is 49.7 Å². The first kappa shape index (κ1) is 22.6. The monoisotopic (exact) mass is 505 g/mol. The van der Waals surface area contributed by atoms with Crippen molar-refractivity contribution in [2.45, 2.75) is 63.2 Å². The number of halogens is 1. The van der Waals surface area contributed by atoms with E-state index < -0.39 is 21.7 Å². The van der Waals surface area contributed by atoms with E-state index in [1.54, 1.807) is 24.3 Å². The fourth-order valence-electron chi connectivity index (χ4n) is 4.85. The van der Waals surface area contributed by atoms with Crippen LogP contribution < -0.4 is 0 Å². The number of aryl methyl sites for hydroxylation is 1. The third-order valence-electron chi connectivity index (χ3n) is 6.46. The molecule has 1 spiro atoms. The lowest BCUT2D eigenvalue weighted by Crippen LogP contribution is -2.59. The second-order valence-corrected chi connectivity index (χ2v) is 11.6. The molecule has 1 heterocycles. The van der Waals surface area contributed by atoms with Gasteiger partial charge in [0.05, 0.1) is 18.0 Å². The van der Waals surface area contributed by atoms with Gasteiger partial charge < -0.3 is 4.74 Å². The van der Waals surface area contributed by atoms with E-state index in [4.69, 9.17) is 4.74 Å². The summed E-state index contributed by atoms with van der Waals surface area (Å²) in [7, 11) is -3.87. The van der Waals surface area contributed by atoms with Crippen molar-refractivity contribution >= 4 is 31.7 Å². The molecule has 1 aliphatic heterocycles. The lowest BCUT2D eigenvalue weighted by atomic mass is 9.68. The molecule has 1 unspecified atom stereocenters. The van der Waals surface area contributed by atoms with Crippen LogP contribution in [0.15, 0.2) is 57.9 Å². The number of ketones is 1. The van der Waals surface area contributed by atoms with Gasteiger partial charge in [0, 0.05) is 16.3 Å². The van der Waals surface area contributed by atoms with E-state index in [2.05, 4.69) is 15.9 Å². The second-order valence-electron chi connectivity index (χ2n) is 8.79. The van der Waals surface area contributed by atoms with E-state index in [1.165, 1.54) is 4.31 Å². The van der Waals surface area contributed by atoms with Crippen LogP contribution in [0.25, 0.3) is 0 Å². The van der Waals surface area contributed by atoms with Crippen LogP contribution in [0.5, 0.6) is 0 Å². The van der Waals surface area contributed by atoms with Gasteiger partial charge in [0.25, 0.3) is 0 Å². The van der Waals surface area contributed by atoms with E-state index in [0.717, 1.165) is 47.7 Å². The van der Waals surface area contributed by atoms with Crippen molar-refractivity contribution in [1.82, 2.24) is 4.31 Å². The molecule has 0 N–H and O–H groups in total. The fourth-order valence-corrected chi connectivity index (χ4v) is 6.72. The number of ether oxygens (including phenoxy) is 1. The highest BCUT2D eigenvalue weighted by molar-refractivity contribution is 9.10. The molecule has 2 aliphatic rings. The number of carbonyl (C=O) groups is 1. The van der Waals surface area contributed by atoms with Crippen LogP contribution >= 0.6 is 15.9 Å². The van der Waals surface area contributed by atoms with Crippen LogP contribution in [0.3, 0.4) is 0 Å². The summed E-state index contributed by atoms with van der Waals surface area (Å²) in [5, 5.41) is 0. The highest BCUT2D eigenvalue weighted by atomic mass is 79.9. The van der Waals surface area contributed by atoms with Gasteiger partial charge in [0.2, 0.25) is 10.0 Å². The maximum Gasteiger partial charge on any atom is 0.245 e. The number of hydrogen-bond donors (Lipinski definition) is 0. The van der Waals surface area contributed by atoms with Crippen molar-refractivity contribution in [2.24, 2.45) is 5.41 Å². The first-order valence-corrected chi connectivity index (χ1v) is 13.0. The van der Waals surface area contributed by atoms with Gasteiger partial charge in [0.15, 0.2) is 0 Å². The third kappa shape index (κ3) is 4.80. The minimum absolute atomic E-state index is 0.0268. The van der Waals surface area contributed by atoms with E-state index >= 15 is 0 Å². The Morgan fingerprint density at radius 3 is 2.32 bits per heavy atom. The molecule has 1 saturated heterocycles. The molecule has 2 aromatic rings. The number of hydrogen-bond acceptors (Lipinski definition) is 4. The predicted octanol–water partition coefficient (Wildman–Crippen LogP) is 5.21. The predicted molar refractivity (Wildman–Crippen MR) is 123 cm³/mol. The molecule has 1 atom stereocenters. The van der Waals surface area contributed by atoms with Gasteiger partial charge in [-0.15, -0.1) is 0 Å². The summed E-state index contributed by atoms with van der Waals surface area (Å²) in [6.07, 6.45) is 4.44. The minimum Gasteiger partial charge on any atom is -0.357 e. The molecule has 7 heteroatoms. The van der Waals surface area contributed by atoms with Gasteiger partial charge >= 0.3 is 0 Å². The van der Waals surface area contributed by atoms with Gasteiger partial charge in [-0.25, -0.2) is 8.42 Å². The molecule has 166 valence electrons. The van der Waals surface area contributed by atoms with Crippen LogP contribution in [0, 0.1) is 12.3 Å². The minimum atomic E-state index is -3.87. The third-order valence-corrected chi connectivity index (χ3v) is 8.80. The Morgan fingerprint density at radius 2 is 1.68 bits per heavy atom. The van der Waals surface area contributed by atoms with E-state index in [1.807, 2.05) is 31.2 Å². The van der Waals surface area contributed by atoms with Crippen LogP contribution in [0.4, 0.5) is 0 Å². The molecule has 5 nitrogen and oxygen atoms in total. The Labute approximate surface area is 193 Å². The molecule has 31 heavy (non-hydrogen) atoms. The van der Waals surface area contributed by atoms with Crippen LogP contribution in [-0.4, -0.2) is 31.3 Å². The number of rotatable bonds is 5. The SMILES string of the molecule is Cc1ccc(S(=O)(=O)N2CC(=O)CC3(CCCCC3)C2OCc2ccc(Br)cc2)cc1. The molecular weight excluding hydrogens is 478 g/mol. The zero-order valence-corrected chi connectivity index (χ0v) is 20.1. The van der Waals surface area contributed by atoms with Crippen molar-refractivity contribution < 1.29 is 17.9 Å². The quantitative estimate of drug-likeness (QED) is 0.558. The lowest BCUT2D eigenvalue weighted by Gasteiger charge is -2.49. The number of Topliss-reactive ketones (excluding diaryl/α,β-unsaturated/α-hetero) is 1. The average Bonchev–Trinajstić information content (AvgIpc) is 2.75. The number of nitrogens with zero attached hydrogens (tertiary/aromatic N) is 1. The highest BCUT2D eigenvalue weighted by Crippen LogP contribution is 2.48. The van der Waals surface area contributed by atoms with Crippen molar-refractivity contribution in [2.75, 3.05) is 6.54 Å². The van der Waals surface area contributed by atoms with Gasteiger partial charge in [-0.05, 0) is 49.6 Å². The molecule has 2 fully saturated rings. The standard InChI is InChI=1S/C24H28BrNO4S/c1-18-5-11-22(12-6-18)31(28,29)26-16-21(27)15-24(13-3-2-4-14-24)23(26)30-17-19-7-9-20(25)10-8-19/h5-12,23H,2-4,13-17H2,1H3. The van der Waals surface area contributed by atoms with Crippen LogP contribution in [0.2, 0.25) is 0 Å². The van der Waals surface area contributed by atoms with Crippen molar-refractivity contribution in [1.29, 1.82) is 0 Å². The van der Waals surface area contributed by atoms with Crippen molar-refractivity contribution in [3.8, 4) is 0 Å². The molecule has 2 aromatic carbocycles. The summed E-state index contributed by atoms with van der Waals surface area (Å²) in [5.41, 5.74) is 1.50. The summed E-state index contributed by atoms with van der Waals surface area (Å²) < 4.78 is 35.9. The van der Waals surface area contributed by atoms with Gasteiger partial charge in [0.1, 0.15) is 12.0 Å². The second kappa shape index (κ2) is 9.14. The Bertz CT molecular complexity index is 1030. The summed E-state index contributed by atoms with van der Waals surface area (Å²) in [6.45, 7) is 2.08. The Kier molecular flexibility index (Phi) is 6.68. The van der Waals surface area contributed by atoms with Gasteiger partial charge in [-0.2, -0.15) is 4.31 Å². The topological polar surface area (TPSA) is 63.7 Å². The van der Waals surface area contributed by atoms with E-state index in [0.29, 0.717) is 13.0 Å². The summed E-state index contributed by atoms with van der Waals surface area (Å²) in [5.74, 6) is -0.0268. The van der Waals surface area contributed by atoms with E-state index in [-0.39, 0.29) is 17.2 Å². The fraction of sp³-hybridized carbons (Fsp3) is 0.458. The van der Waals surface area contributed by atoms with Crippen molar-refractivity contribution in [3.05, 3.63) is 64.1 Å². The smallest absolute Gasteiger partial charge is 0.245 e. The number of benzene rings is 2. The van der Waals surface area contributed by atoms with Crippen LogP contribution in [-0.2, 0) is 26.2 Å². The van der Waals surface area contributed by atoms with E-state index in [9.17, 15) is 13.2 Å². The molecule has 4 rings (SSSR count). The average molecular weight is 506 g/mol. The number of sulfonamides is 1. The zero-order chi connectivity index (χ0) is 22.1. The summed E-state index contributed by atoms with van der Waals surface area (Å²) in [6, 6.07) is 14.6. The molecule has 0 aromatic heterocycles. The Hall–Kier alpha value is -1.54. The number of carbonyl (C=O) groups excluding carboxylic acids is 1. The normalized spacial score (nSPS) is 22.0. The number of piperidine rings is 1. The molecule has 1 aliphatic carbocycles. The Morgan fingerprint density at radius 1 is 1.03 bits per heavy atom. The molecule has 0 amide bonds. The molecular formula is C24H28BrNO4S. The maximum atomic E-state index is 13.6. The zero-order valence-electron chi connectivity index (χ0n) is 17.7. The first-order valence-electron chi connectivity index (χ1n) is 10.8. The molecule has 0 radical (unpaired) electrons. The lowest BCUT2D eigenvalue weighted by molar-refractivity contribution is -0.162. The first-order chi connectivity index (χ1) is 14.8. The summed E-state index contributed by atoms with van der Waals surface area (Å²) >= 11 is 3.44. The maximum absolute atomic E-state index is 13.6. The van der Waals surface area contributed by atoms with Crippen molar-refractivity contribution in [3.63, 3.8) is 0 Å². The Balaban J connectivity index is 1.70. The highest BCUT2D eigenvalue weighted by Gasteiger charge is 2.52.